The minimum absolute atomic E-state index is 0. The summed E-state index contributed by atoms with van der Waals surface area (Å²) in [6, 6.07) is 0. The molecule has 0 aromatic carbocycles. The molecule has 0 atom stereocenters. The van der Waals surface area contributed by atoms with Gasteiger partial charge in [0.1, 0.15) is 0 Å². The van der Waals surface area contributed by atoms with E-state index in [2.05, 4.69) is 0 Å². The van der Waals surface area contributed by atoms with Gasteiger partial charge in [0.15, 0.2) is 0 Å². The molecule has 0 amide bonds. The third-order valence-electron chi connectivity index (χ3n) is 0. The van der Waals surface area contributed by atoms with Gasteiger partial charge in [-0.3, -0.25) is 0 Å². The molecule has 0 bridgehead atoms. The predicted octanol–water partition coefficient (Wildman–Crippen LogP) is -2.90. The molecule has 22 heavy (non-hydrogen) atoms. The number of nitrogens with zero attached hydrogens (tertiary/aromatic N) is 1. The fourth-order valence-corrected chi connectivity index (χ4v) is 0. The average molecular weight is 346 g/mol. The first kappa shape index (κ1) is 38.6. The molecule has 0 fully saturated rings. The van der Waals surface area contributed by atoms with Crippen LogP contribution >= 0.6 is 0 Å². The van der Waals surface area contributed by atoms with E-state index in [1.54, 1.807) is 83.1 Å². The van der Waals surface area contributed by atoms with E-state index in [4.69, 9.17) is 0 Å². The predicted molar refractivity (Wildman–Crippen MR) is 81.1 cm³/mol. The van der Waals surface area contributed by atoms with E-state index in [0.29, 0.717) is 0 Å². The molecule has 0 rings (SSSR count). The Kier molecular flexibility index (Phi) is 27.6. The second-order valence-electron chi connectivity index (χ2n) is 8.45. The Hall–Kier alpha value is 1.19. The maximum Gasteiger partial charge on any atom is 3.00 e. The summed E-state index contributed by atoms with van der Waals surface area (Å²) in [5.41, 5.74) is -3.00. The van der Waals surface area contributed by atoms with Gasteiger partial charge < -0.3 is 20.4 Å². The van der Waals surface area contributed by atoms with Gasteiger partial charge in [-0.25, -0.2) is 0 Å². The number of hydrogen-bond acceptors (Lipinski definition) is 4. The minimum Gasteiger partial charge on any atom is -0.850 e. The maximum atomic E-state index is 10.1. The standard InChI is InChI=1S/4C4H9O.K.N/c4*1-4(2,3)5;;/h4*1-3H3;;/q4*-1;+1;+3. The van der Waals surface area contributed by atoms with Crippen LogP contribution < -0.4 is 78.0 Å². The van der Waals surface area contributed by atoms with Crippen LogP contribution in [0.25, 0.3) is 0 Å². The Balaban J connectivity index is -0.0000000376. The molecular weight excluding hydrogens is 309 g/mol. The van der Waals surface area contributed by atoms with Crippen LogP contribution in [0.3, 0.4) is 0 Å². The molecule has 0 aliphatic carbocycles. The molecule has 0 aromatic heterocycles. The third kappa shape index (κ3) is 6130. The van der Waals surface area contributed by atoms with Crippen molar-refractivity contribution in [1.29, 1.82) is 0 Å². The average Bonchev–Trinajstić information content (AvgIpc) is 1.62. The molecule has 130 valence electrons. The number of hydrogen-bond donors (Lipinski definition) is 0. The molecule has 0 aliphatic heterocycles. The van der Waals surface area contributed by atoms with Gasteiger partial charge in [-0.1, -0.05) is 83.1 Å². The van der Waals surface area contributed by atoms with Crippen LogP contribution in [0, 0.1) is 0 Å². The second kappa shape index (κ2) is 15.7. The zero-order valence-corrected chi connectivity index (χ0v) is 20.2. The first-order valence-corrected chi connectivity index (χ1v) is 6.82. The van der Waals surface area contributed by atoms with Crippen LogP contribution in [0.5, 0.6) is 0 Å². The monoisotopic (exact) mass is 345 g/mol. The Morgan fingerprint density at radius 1 is 0.364 bits per heavy atom. The molecule has 0 saturated heterocycles. The first-order chi connectivity index (χ1) is 8.00. The molecule has 0 N–H and O–H groups in total. The van der Waals surface area contributed by atoms with Gasteiger partial charge in [-0.2, -0.15) is 0 Å². The van der Waals surface area contributed by atoms with E-state index < -0.39 is 22.4 Å². The van der Waals surface area contributed by atoms with Crippen molar-refractivity contribution >= 4 is 0 Å². The third-order valence-corrected chi connectivity index (χ3v) is 0. The van der Waals surface area contributed by atoms with Gasteiger partial charge in [0.05, 0.1) is 0 Å². The second-order valence-corrected chi connectivity index (χ2v) is 8.45. The zero-order chi connectivity index (χ0) is 18.0. The summed E-state index contributed by atoms with van der Waals surface area (Å²) in [5.74, 6) is 0. The topological polar surface area (TPSA) is 123 Å². The van der Waals surface area contributed by atoms with Crippen LogP contribution in [0.1, 0.15) is 83.1 Å². The quantitative estimate of drug-likeness (QED) is 0.437. The van der Waals surface area contributed by atoms with Crippen LogP contribution in [0.4, 0.5) is 0 Å². The van der Waals surface area contributed by atoms with Gasteiger partial charge >= 0.3 is 57.5 Å². The molecule has 0 aliphatic rings. The summed E-state index contributed by atoms with van der Waals surface area (Å²) in [6.07, 6.45) is 0. The van der Waals surface area contributed by atoms with E-state index in [1.807, 2.05) is 0 Å². The van der Waals surface area contributed by atoms with Gasteiger partial charge in [0.25, 0.3) is 0 Å². The molecule has 0 spiro atoms. The Morgan fingerprint density at radius 2 is 0.364 bits per heavy atom. The van der Waals surface area contributed by atoms with Gasteiger partial charge in [-0.05, 0) is 0 Å². The summed E-state index contributed by atoms with van der Waals surface area (Å²) in [4.78, 5) is 0. The molecule has 6 heteroatoms. The van der Waals surface area contributed by atoms with E-state index in [-0.39, 0.29) is 57.5 Å². The fraction of sp³-hybridized carbons (Fsp3) is 1.00. The van der Waals surface area contributed by atoms with Crippen LogP contribution in [0.15, 0.2) is 0 Å². The first-order valence-electron chi connectivity index (χ1n) is 6.82. The Morgan fingerprint density at radius 3 is 0.364 bits per heavy atom. The molecule has 0 heterocycles. The smallest absolute Gasteiger partial charge is 0.850 e. The van der Waals surface area contributed by atoms with Crippen molar-refractivity contribution in [2.45, 2.75) is 105 Å². The summed E-state index contributed by atoms with van der Waals surface area (Å²) in [6.45, 7) is 19.6. The van der Waals surface area contributed by atoms with Crippen molar-refractivity contribution < 1.29 is 71.8 Å². The molecule has 2 radical (unpaired) electrons. The Labute approximate surface area is 181 Å². The van der Waals surface area contributed by atoms with Crippen LogP contribution in [0.2, 0.25) is 0 Å². The summed E-state index contributed by atoms with van der Waals surface area (Å²) < 4.78 is 0. The van der Waals surface area contributed by atoms with E-state index >= 15 is 0 Å². The largest absolute Gasteiger partial charge is 3.00 e. The Bertz CT molecular complexity index is 136. The van der Waals surface area contributed by atoms with Crippen molar-refractivity contribution in [1.82, 2.24) is 6.15 Å². The van der Waals surface area contributed by atoms with Gasteiger partial charge in [0, 0.05) is 0 Å². The minimum atomic E-state index is -0.750. The molecular formula is C16H36KNO4. The van der Waals surface area contributed by atoms with Crippen LogP contribution in [-0.2, 0) is 0 Å². The molecule has 0 saturated carbocycles. The summed E-state index contributed by atoms with van der Waals surface area (Å²) >= 11 is 0. The van der Waals surface area contributed by atoms with Crippen molar-refractivity contribution in [2.75, 3.05) is 0 Å². The van der Waals surface area contributed by atoms with Crippen molar-refractivity contribution in [3.63, 3.8) is 0 Å². The zero-order valence-electron chi connectivity index (χ0n) is 17.1. The van der Waals surface area contributed by atoms with Crippen molar-refractivity contribution in [3.8, 4) is 0 Å². The van der Waals surface area contributed by atoms with E-state index in [1.165, 1.54) is 0 Å². The SMILES string of the molecule is CC(C)(C)[O-].CC(C)(C)[O-].CC(C)(C)[O-].CC(C)(C)[O-].[K+].[N+3]. The summed E-state index contributed by atoms with van der Waals surface area (Å²) in [7, 11) is 0. The van der Waals surface area contributed by atoms with E-state index in [0.717, 1.165) is 0 Å². The normalized spacial score (nSPS) is 10.9. The maximum absolute atomic E-state index is 10.1. The van der Waals surface area contributed by atoms with Crippen molar-refractivity contribution in [3.05, 3.63) is 0 Å². The van der Waals surface area contributed by atoms with Crippen LogP contribution in [-0.4, -0.2) is 22.4 Å². The molecule has 5 nitrogen and oxygen atoms in total. The van der Waals surface area contributed by atoms with Crippen molar-refractivity contribution in [2.24, 2.45) is 0 Å². The summed E-state index contributed by atoms with van der Waals surface area (Å²) in [5, 5.41) is 40.4. The molecule has 0 unspecified atom stereocenters. The number of rotatable bonds is 0. The fourth-order valence-electron chi connectivity index (χ4n) is 0. The van der Waals surface area contributed by atoms with Gasteiger partial charge in [0.2, 0.25) is 0 Å². The van der Waals surface area contributed by atoms with E-state index in [9.17, 15) is 20.4 Å². The molecule has 0 aromatic rings. The van der Waals surface area contributed by atoms with Gasteiger partial charge in [-0.15, -0.1) is 22.4 Å².